The van der Waals surface area contributed by atoms with Crippen LogP contribution in [0.3, 0.4) is 0 Å². The van der Waals surface area contributed by atoms with E-state index in [9.17, 15) is 4.79 Å². The number of benzene rings is 1. The van der Waals surface area contributed by atoms with Crippen LogP contribution in [-0.4, -0.2) is 22.7 Å². The third-order valence-corrected chi connectivity index (χ3v) is 3.16. The molecule has 1 amide bonds. The molecule has 0 saturated carbocycles. The Labute approximate surface area is 109 Å². The maximum absolute atomic E-state index is 12.2. The minimum Gasteiger partial charge on any atom is -0.463 e. The van der Waals surface area contributed by atoms with Gasteiger partial charge in [-0.1, -0.05) is 28.1 Å². The van der Waals surface area contributed by atoms with Crippen LogP contribution >= 0.6 is 15.9 Å². The highest BCUT2D eigenvalue weighted by molar-refractivity contribution is 9.09. The van der Waals surface area contributed by atoms with Gasteiger partial charge in [0.05, 0.1) is 5.56 Å². The number of rotatable bonds is 4. The Bertz CT molecular complexity index is 431. The highest BCUT2D eigenvalue weighted by Crippen LogP contribution is 2.23. The Morgan fingerprint density at radius 3 is 2.88 bits per heavy atom. The Morgan fingerprint density at radius 1 is 1.24 bits per heavy atom. The molecule has 90 valence electrons. The summed E-state index contributed by atoms with van der Waals surface area (Å²) >= 11 is 3.38. The number of ether oxygens (including phenoxy) is 1. The summed E-state index contributed by atoms with van der Waals surface area (Å²) in [5, 5.41) is 0.964. The Balaban J connectivity index is 2.13. The Hall–Kier alpha value is -1.29. The molecule has 1 aliphatic rings. The van der Waals surface area contributed by atoms with Crippen molar-refractivity contribution in [2.75, 3.05) is 11.9 Å². The van der Waals surface area contributed by atoms with Crippen molar-refractivity contribution in [1.82, 2.24) is 4.90 Å². The van der Waals surface area contributed by atoms with E-state index in [4.69, 9.17) is 4.74 Å². The van der Waals surface area contributed by atoms with Gasteiger partial charge in [-0.3, -0.25) is 4.79 Å². The van der Waals surface area contributed by atoms with Crippen LogP contribution in [0.15, 0.2) is 36.7 Å². The van der Waals surface area contributed by atoms with Gasteiger partial charge in [-0.15, -0.1) is 0 Å². The molecule has 0 unspecified atom stereocenters. The molecule has 0 aromatic heterocycles. The van der Waals surface area contributed by atoms with Crippen LogP contribution < -0.4 is 4.74 Å². The molecule has 17 heavy (non-hydrogen) atoms. The van der Waals surface area contributed by atoms with Gasteiger partial charge in [0.2, 0.25) is 0 Å². The molecule has 2 rings (SSSR count). The maximum atomic E-state index is 12.2. The first-order valence-electron chi connectivity index (χ1n) is 5.62. The van der Waals surface area contributed by atoms with Crippen LogP contribution in [0.1, 0.15) is 23.2 Å². The number of fused-ring (bicyclic) bond motifs is 1. The first-order valence-corrected chi connectivity index (χ1v) is 6.74. The van der Waals surface area contributed by atoms with Crippen molar-refractivity contribution in [1.29, 1.82) is 0 Å². The third kappa shape index (κ3) is 2.88. The summed E-state index contributed by atoms with van der Waals surface area (Å²) in [4.78, 5) is 13.9. The maximum Gasteiger partial charge on any atom is 0.261 e. The number of carbonyl (C=O) groups excluding carboxylic acids is 1. The van der Waals surface area contributed by atoms with Gasteiger partial charge in [0.25, 0.3) is 5.91 Å². The molecule has 1 heterocycles. The lowest BCUT2D eigenvalue weighted by Gasteiger charge is -2.16. The molecule has 3 nitrogen and oxygen atoms in total. The van der Waals surface area contributed by atoms with Gasteiger partial charge in [0.15, 0.2) is 0 Å². The van der Waals surface area contributed by atoms with E-state index >= 15 is 0 Å². The lowest BCUT2D eigenvalue weighted by molar-refractivity contribution is 0.0822. The SMILES string of the molecule is O=C1c2ccccc2OC=CN1CCCCBr. The first-order chi connectivity index (χ1) is 8.33. The van der Waals surface area contributed by atoms with Gasteiger partial charge in [-0.05, 0) is 25.0 Å². The fraction of sp³-hybridized carbons (Fsp3) is 0.308. The van der Waals surface area contributed by atoms with Gasteiger partial charge in [0.1, 0.15) is 12.0 Å². The second kappa shape index (κ2) is 5.87. The van der Waals surface area contributed by atoms with Crippen LogP contribution in [0.4, 0.5) is 0 Å². The quantitative estimate of drug-likeness (QED) is 0.631. The number of unbranched alkanes of at least 4 members (excludes halogenated alkanes) is 1. The van der Waals surface area contributed by atoms with E-state index in [2.05, 4.69) is 15.9 Å². The largest absolute Gasteiger partial charge is 0.463 e. The molecule has 0 bridgehead atoms. The molecular weight excluding hydrogens is 282 g/mol. The molecule has 0 saturated heterocycles. The van der Waals surface area contributed by atoms with Crippen LogP contribution in [0, 0.1) is 0 Å². The topological polar surface area (TPSA) is 29.5 Å². The monoisotopic (exact) mass is 295 g/mol. The van der Waals surface area contributed by atoms with E-state index in [0.717, 1.165) is 24.7 Å². The summed E-state index contributed by atoms with van der Waals surface area (Å²) in [5.74, 6) is 0.626. The number of amides is 1. The van der Waals surface area contributed by atoms with E-state index in [1.165, 1.54) is 0 Å². The van der Waals surface area contributed by atoms with Crippen molar-refractivity contribution in [3.63, 3.8) is 0 Å². The zero-order chi connectivity index (χ0) is 12.1. The summed E-state index contributed by atoms with van der Waals surface area (Å²) in [6.07, 6.45) is 5.30. The first kappa shape index (κ1) is 12.2. The zero-order valence-corrected chi connectivity index (χ0v) is 11.0. The molecule has 0 fully saturated rings. The predicted octanol–water partition coefficient (Wildman–Crippen LogP) is 3.17. The summed E-state index contributed by atoms with van der Waals surface area (Å²) < 4.78 is 5.40. The van der Waals surface area contributed by atoms with E-state index < -0.39 is 0 Å². The predicted molar refractivity (Wildman–Crippen MR) is 70.3 cm³/mol. The number of halogens is 1. The van der Waals surface area contributed by atoms with Gasteiger partial charge < -0.3 is 9.64 Å². The molecule has 0 aliphatic carbocycles. The highest BCUT2D eigenvalue weighted by Gasteiger charge is 2.19. The Kier molecular flexibility index (Phi) is 4.20. The van der Waals surface area contributed by atoms with Crippen molar-refractivity contribution in [2.45, 2.75) is 12.8 Å². The minimum atomic E-state index is 0.00363. The molecule has 0 N–H and O–H groups in total. The van der Waals surface area contributed by atoms with Crippen LogP contribution in [0.5, 0.6) is 5.75 Å². The fourth-order valence-corrected chi connectivity index (χ4v) is 2.09. The normalized spacial score (nSPS) is 14.2. The summed E-state index contributed by atoms with van der Waals surface area (Å²) in [6.45, 7) is 0.721. The lowest BCUT2D eigenvalue weighted by Crippen LogP contribution is -2.26. The molecule has 0 radical (unpaired) electrons. The number of carbonyl (C=O) groups is 1. The molecule has 0 atom stereocenters. The zero-order valence-electron chi connectivity index (χ0n) is 9.43. The number of hydrogen-bond acceptors (Lipinski definition) is 2. The standard InChI is InChI=1S/C13H14BrNO2/c14-7-3-4-8-15-9-10-17-12-6-2-1-5-11(12)13(15)16/h1-2,5-6,9-10H,3-4,7-8H2. The van der Waals surface area contributed by atoms with Crippen molar-refractivity contribution in [2.24, 2.45) is 0 Å². The average molecular weight is 296 g/mol. The van der Waals surface area contributed by atoms with E-state index in [-0.39, 0.29) is 5.91 Å². The molecule has 1 aliphatic heterocycles. The summed E-state index contributed by atoms with van der Waals surface area (Å²) in [7, 11) is 0. The van der Waals surface area contributed by atoms with Crippen molar-refractivity contribution >= 4 is 21.8 Å². The third-order valence-electron chi connectivity index (χ3n) is 2.60. The highest BCUT2D eigenvalue weighted by atomic mass is 79.9. The second-order valence-electron chi connectivity index (χ2n) is 3.79. The van der Waals surface area contributed by atoms with Crippen molar-refractivity contribution in [3.05, 3.63) is 42.3 Å². The number of para-hydroxylation sites is 1. The molecular formula is C13H14BrNO2. The lowest BCUT2D eigenvalue weighted by atomic mass is 10.1. The van der Waals surface area contributed by atoms with Gasteiger partial charge in [0, 0.05) is 18.1 Å². The van der Waals surface area contributed by atoms with Crippen molar-refractivity contribution < 1.29 is 9.53 Å². The van der Waals surface area contributed by atoms with Crippen LogP contribution in [0.25, 0.3) is 0 Å². The summed E-state index contributed by atoms with van der Waals surface area (Å²) in [5.41, 5.74) is 0.622. The number of alkyl halides is 1. The number of hydrogen-bond donors (Lipinski definition) is 0. The number of nitrogens with zero attached hydrogens (tertiary/aromatic N) is 1. The Morgan fingerprint density at radius 2 is 2.06 bits per heavy atom. The fourth-order valence-electron chi connectivity index (χ4n) is 1.70. The van der Waals surface area contributed by atoms with Gasteiger partial charge >= 0.3 is 0 Å². The summed E-state index contributed by atoms with van der Waals surface area (Å²) in [6, 6.07) is 7.31. The minimum absolute atomic E-state index is 0.00363. The van der Waals surface area contributed by atoms with Gasteiger partial charge in [-0.2, -0.15) is 0 Å². The molecule has 1 aromatic rings. The van der Waals surface area contributed by atoms with Crippen LogP contribution in [0.2, 0.25) is 0 Å². The van der Waals surface area contributed by atoms with Crippen LogP contribution in [-0.2, 0) is 0 Å². The van der Waals surface area contributed by atoms with E-state index in [0.29, 0.717) is 11.3 Å². The molecule has 0 spiro atoms. The smallest absolute Gasteiger partial charge is 0.261 e. The molecule has 4 heteroatoms. The van der Waals surface area contributed by atoms with E-state index in [1.807, 2.05) is 12.1 Å². The average Bonchev–Trinajstić information content (AvgIpc) is 2.51. The van der Waals surface area contributed by atoms with Crippen molar-refractivity contribution in [3.8, 4) is 5.75 Å². The second-order valence-corrected chi connectivity index (χ2v) is 4.59. The van der Waals surface area contributed by atoms with Gasteiger partial charge in [-0.25, -0.2) is 0 Å². The molecule has 1 aromatic carbocycles. The van der Waals surface area contributed by atoms with E-state index in [1.54, 1.807) is 29.5 Å².